The van der Waals surface area contributed by atoms with Crippen LogP contribution in [0.25, 0.3) is 0 Å². The normalized spacial score (nSPS) is 15.4. The minimum absolute atomic E-state index is 0.184. The quantitative estimate of drug-likeness (QED) is 0.636. The summed E-state index contributed by atoms with van der Waals surface area (Å²) < 4.78 is 0. The maximum Gasteiger partial charge on any atom is 0.321 e. The highest BCUT2D eigenvalue weighted by Gasteiger charge is 2.21. The van der Waals surface area contributed by atoms with Crippen LogP contribution in [0.1, 0.15) is 12.8 Å². The van der Waals surface area contributed by atoms with Crippen molar-refractivity contribution in [3.63, 3.8) is 0 Å². The van der Waals surface area contributed by atoms with E-state index in [-0.39, 0.29) is 5.88 Å². The Labute approximate surface area is 75.6 Å². The molecule has 1 aliphatic rings. The summed E-state index contributed by atoms with van der Waals surface area (Å²) in [6, 6.07) is -0.451. The smallest absolute Gasteiger partial charge is 0.321 e. The number of urea groups is 1. The summed E-state index contributed by atoms with van der Waals surface area (Å²) in [4.78, 5) is 21.4. The lowest BCUT2D eigenvalue weighted by Crippen LogP contribution is -2.40. The molecule has 3 amide bonds. The number of amides is 3. The molecule has 0 aromatic heterocycles. The van der Waals surface area contributed by atoms with Crippen molar-refractivity contribution < 1.29 is 9.59 Å². The molecule has 0 aliphatic heterocycles. The van der Waals surface area contributed by atoms with Gasteiger partial charge in [-0.2, -0.15) is 0 Å². The van der Waals surface area contributed by atoms with Crippen molar-refractivity contribution >= 4 is 23.5 Å². The van der Waals surface area contributed by atoms with Gasteiger partial charge in [0.1, 0.15) is 5.88 Å². The molecule has 0 bridgehead atoms. The highest BCUT2D eigenvalue weighted by atomic mass is 35.5. The van der Waals surface area contributed by atoms with E-state index in [1.165, 1.54) is 12.8 Å². The lowest BCUT2D eigenvalue weighted by Gasteiger charge is -2.03. The number of halogens is 1. The standard InChI is InChI=1S/C7H11ClN2O2/c8-3-6(11)10-7(12)9-4-5-1-2-5/h5H,1-4H2,(H2,9,10,11,12). The number of carbonyl (C=O) groups excluding carboxylic acids is 2. The van der Waals surface area contributed by atoms with Gasteiger partial charge >= 0.3 is 6.03 Å². The van der Waals surface area contributed by atoms with Crippen LogP contribution in [-0.2, 0) is 4.79 Å². The zero-order chi connectivity index (χ0) is 8.97. The molecule has 0 unspecified atom stereocenters. The van der Waals surface area contributed by atoms with Crippen LogP contribution < -0.4 is 10.6 Å². The van der Waals surface area contributed by atoms with Gasteiger partial charge in [-0.15, -0.1) is 11.6 Å². The molecule has 68 valence electrons. The number of hydrogen-bond donors (Lipinski definition) is 2. The van der Waals surface area contributed by atoms with Crippen molar-refractivity contribution in [1.29, 1.82) is 0 Å². The summed E-state index contributed by atoms with van der Waals surface area (Å²) in [5, 5.41) is 4.67. The summed E-state index contributed by atoms with van der Waals surface area (Å²) in [5.74, 6) is -0.0385. The second kappa shape index (κ2) is 4.30. The third-order valence-electron chi connectivity index (χ3n) is 1.62. The van der Waals surface area contributed by atoms with E-state index in [9.17, 15) is 9.59 Å². The van der Waals surface area contributed by atoms with Crippen molar-refractivity contribution in [3.05, 3.63) is 0 Å². The molecule has 0 aromatic rings. The summed E-state index contributed by atoms with van der Waals surface area (Å²) in [6.07, 6.45) is 2.34. The molecule has 12 heavy (non-hydrogen) atoms. The van der Waals surface area contributed by atoms with Gasteiger partial charge in [0.2, 0.25) is 5.91 Å². The number of carbonyl (C=O) groups is 2. The first-order valence-corrected chi connectivity index (χ1v) is 4.39. The Kier molecular flexibility index (Phi) is 3.34. The zero-order valence-electron chi connectivity index (χ0n) is 6.60. The number of alkyl halides is 1. The fourth-order valence-electron chi connectivity index (χ4n) is 0.763. The SMILES string of the molecule is O=C(CCl)NC(=O)NCC1CC1. The van der Waals surface area contributed by atoms with Gasteiger partial charge in [-0.3, -0.25) is 10.1 Å². The molecule has 0 heterocycles. The van der Waals surface area contributed by atoms with E-state index in [2.05, 4.69) is 10.6 Å². The maximum atomic E-state index is 10.8. The van der Waals surface area contributed by atoms with Gasteiger partial charge < -0.3 is 5.32 Å². The number of nitrogens with one attached hydrogen (secondary N) is 2. The summed E-state index contributed by atoms with van der Waals surface area (Å²) in [6.45, 7) is 0.654. The molecule has 1 saturated carbocycles. The number of imide groups is 1. The van der Waals surface area contributed by atoms with Crippen molar-refractivity contribution in [2.24, 2.45) is 5.92 Å². The van der Waals surface area contributed by atoms with Gasteiger partial charge in [-0.05, 0) is 18.8 Å². The molecule has 1 fully saturated rings. The molecule has 0 spiro atoms. The molecular weight excluding hydrogens is 180 g/mol. The summed E-state index contributed by atoms with van der Waals surface area (Å²) >= 11 is 5.18. The minimum Gasteiger partial charge on any atom is -0.338 e. The second-order valence-electron chi connectivity index (χ2n) is 2.84. The molecule has 0 aromatic carbocycles. The monoisotopic (exact) mass is 190 g/mol. The van der Waals surface area contributed by atoms with E-state index < -0.39 is 11.9 Å². The largest absolute Gasteiger partial charge is 0.338 e. The van der Waals surface area contributed by atoms with Crippen molar-refractivity contribution in [2.75, 3.05) is 12.4 Å². The van der Waals surface area contributed by atoms with E-state index in [0.717, 1.165) is 0 Å². The number of hydrogen-bond acceptors (Lipinski definition) is 2. The molecule has 0 saturated heterocycles. The minimum atomic E-state index is -0.468. The van der Waals surface area contributed by atoms with Crippen LogP contribution in [0, 0.1) is 5.92 Å². The topological polar surface area (TPSA) is 58.2 Å². The van der Waals surface area contributed by atoms with Crippen LogP contribution in [0.2, 0.25) is 0 Å². The average molecular weight is 191 g/mol. The number of rotatable bonds is 3. The molecule has 4 nitrogen and oxygen atoms in total. The van der Waals surface area contributed by atoms with Crippen LogP contribution >= 0.6 is 11.6 Å². The van der Waals surface area contributed by atoms with Gasteiger partial charge in [0.15, 0.2) is 0 Å². The average Bonchev–Trinajstić information content (AvgIpc) is 2.83. The van der Waals surface area contributed by atoms with Gasteiger partial charge in [0.05, 0.1) is 0 Å². The molecule has 1 aliphatic carbocycles. The van der Waals surface area contributed by atoms with Gasteiger partial charge in [0, 0.05) is 6.54 Å². The third-order valence-corrected chi connectivity index (χ3v) is 1.87. The molecule has 2 N–H and O–H groups in total. The van der Waals surface area contributed by atoms with E-state index in [0.29, 0.717) is 12.5 Å². The predicted octanol–water partition coefficient (Wildman–Crippen LogP) is 0.461. The van der Waals surface area contributed by atoms with E-state index in [1.54, 1.807) is 0 Å². The Balaban J connectivity index is 2.05. The lowest BCUT2D eigenvalue weighted by atomic mass is 10.4. The predicted molar refractivity (Wildman–Crippen MR) is 45.0 cm³/mol. The molecule has 1 rings (SSSR count). The van der Waals surface area contributed by atoms with Crippen LogP contribution in [0.5, 0.6) is 0 Å². The van der Waals surface area contributed by atoms with Gasteiger partial charge in [0.25, 0.3) is 0 Å². The Bertz CT molecular complexity index is 192. The Morgan fingerprint density at radius 2 is 2.08 bits per heavy atom. The highest BCUT2D eigenvalue weighted by Crippen LogP contribution is 2.27. The maximum absolute atomic E-state index is 10.8. The Morgan fingerprint density at radius 3 is 2.58 bits per heavy atom. The summed E-state index contributed by atoms with van der Waals surface area (Å²) in [7, 11) is 0. The second-order valence-corrected chi connectivity index (χ2v) is 3.10. The van der Waals surface area contributed by atoms with E-state index >= 15 is 0 Å². The van der Waals surface area contributed by atoms with Gasteiger partial charge in [-0.1, -0.05) is 0 Å². The van der Waals surface area contributed by atoms with E-state index in [4.69, 9.17) is 11.6 Å². The fraction of sp³-hybridized carbons (Fsp3) is 0.714. The van der Waals surface area contributed by atoms with Crippen molar-refractivity contribution in [1.82, 2.24) is 10.6 Å². The lowest BCUT2D eigenvalue weighted by molar-refractivity contribution is -0.117. The van der Waals surface area contributed by atoms with Crippen LogP contribution in [0.15, 0.2) is 0 Å². The first-order chi connectivity index (χ1) is 5.72. The highest BCUT2D eigenvalue weighted by molar-refractivity contribution is 6.28. The Morgan fingerprint density at radius 1 is 1.42 bits per heavy atom. The molecule has 0 radical (unpaired) electrons. The Hall–Kier alpha value is -0.770. The van der Waals surface area contributed by atoms with Crippen LogP contribution in [0.3, 0.4) is 0 Å². The van der Waals surface area contributed by atoms with Crippen molar-refractivity contribution in [2.45, 2.75) is 12.8 Å². The van der Waals surface area contributed by atoms with Crippen LogP contribution in [-0.4, -0.2) is 24.4 Å². The third kappa shape index (κ3) is 3.57. The molecular formula is C7H11ClN2O2. The van der Waals surface area contributed by atoms with Crippen molar-refractivity contribution in [3.8, 4) is 0 Å². The zero-order valence-corrected chi connectivity index (χ0v) is 7.36. The molecule has 0 atom stereocenters. The van der Waals surface area contributed by atoms with Gasteiger partial charge in [-0.25, -0.2) is 4.79 Å². The summed E-state index contributed by atoms with van der Waals surface area (Å²) in [5.41, 5.74) is 0. The van der Waals surface area contributed by atoms with E-state index in [1.807, 2.05) is 0 Å². The molecule has 5 heteroatoms. The van der Waals surface area contributed by atoms with Crippen LogP contribution in [0.4, 0.5) is 4.79 Å². The first kappa shape index (κ1) is 9.32. The fourth-order valence-corrected chi connectivity index (χ4v) is 0.830. The first-order valence-electron chi connectivity index (χ1n) is 3.86.